The van der Waals surface area contributed by atoms with E-state index < -0.39 is 0 Å². The normalized spacial score (nSPS) is 10.1. The molecule has 72 valence electrons. The average molecular weight is 253 g/mol. The molecule has 0 amide bonds. The van der Waals surface area contributed by atoms with E-state index >= 15 is 0 Å². The molecule has 0 atom stereocenters. The summed E-state index contributed by atoms with van der Waals surface area (Å²) < 4.78 is 7.82. The van der Waals surface area contributed by atoms with E-state index in [-0.39, 0.29) is 0 Å². The maximum Gasteiger partial charge on any atom is 0.181 e. The average Bonchev–Trinajstić information content (AvgIpc) is 2.65. The number of hydrogen-bond acceptors (Lipinski definition) is 2. The Balaban J connectivity index is 2.39. The lowest BCUT2D eigenvalue weighted by Gasteiger charge is -2.04. The van der Waals surface area contributed by atoms with Crippen molar-refractivity contribution in [3.05, 3.63) is 41.4 Å². The summed E-state index contributed by atoms with van der Waals surface area (Å²) in [5, 5.41) is 0. The number of benzene rings is 1. The molecule has 0 fully saturated rings. The van der Waals surface area contributed by atoms with E-state index in [9.17, 15) is 0 Å². The van der Waals surface area contributed by atoms with E-state index in [0.29, 0.717) is 0 Å². The molecule has 4 heteroatoms. The van der Waals surface area contributed by atoms with Crippen molar-refractivity contribution in [1.29, 1.82) is 0 Å². The third kappa shape index (κ3) is 1.65. The number of hydrogen-bond donors (Lipinski definition) is 0. The van der Waals surface area contributed by atoms with Crippen molar-refractivity contribution in [3.63, 3.8) is 0 Å². The van der Waals surface area contributed by atoms with Gasteiger partial charge in [0.05, 0.1) is 7.11 Å². The van der Waals surface area contributed by atoms with Crippen molar-refractivity contribution in [2.75, 3.05) is 7.11 Å². The maximum atomic E-state index is 5.08. The zero-order valence-corrected chi connectivity index (χ0v) is 9.23. The van der Waals surface area contributed by atoms with Gasteiger partial charge in [-0.2, -0.15) is 0 Å². The zero-order valence-electron chi connectivity index (χ0n) is 7.64. The molecule has 0 aliphatic rings. The molecule has 0 bridgehead atoms. The summed E-state index contributed by atoms with van der Waals surface area (Å²) in [6, 6.07) is 7.79. The predicted molar refractivity (Wildman–Crippen MR) is 57.8 cm³/mol. The molecule has 0 aliphatic carbocycles. The lowest BCUT2D eigenvalue weighted by molar-refractivity contribution is 0.414. The van der Waals surface area contributed by atoms with Crippen LogP contribution in [0.4, 0.5) is 0 Å². The lowest BCUT2D eigenvalue weighted by Crippen LogP contribution is -1.92. The summed E-state index contributed by atoms with van der Waals surface area (Å²) in [5.74, 6) is 0.852. The highest BCUT2D eigenvalue weighted by atomic mass is 79.9. The second-order valence-electron chi connectivity index (χ2n) is 2.76. The molecule has 1 heterocycles. The van der Waals surface area contributed by atoms with E-state index in [1.54, 1.807) is 13.3 Å². The molecule has 1 aromatic carbocycles. The fourth-order valence-electron chi connectivity index (χ4n) is 1.22. The molecule has 0 aliphatic heterocycles. The van der Waals surface area contributed by atoms with E-state index in [2.05, 4.69) is 20.9 Å². The van der Waals surface area contributed by atoms with Crippen LogP contribution < -0.4 is 4.74 Å². The van der Waals surface area contributed by atoms with Crippen molar-refractivity contribution in [3.8, 4) is 11.4 Å². The fourth-order valence-corrected chi connectivity index (χ4v) is 1.66. The Hall–Kier alpha value is -1.29. The number of methoxy groups -OCH3 is 1. The molecule has 0 radical (unpaired) electrons. The summed E-state index contributed by atoms with van der Waals surface area (Å²) in [4.78, 5) is 4.08. The minimum Gasteiger partial charge on any atom is -0.497 e. The predicted octanol–water partition coefficient (Wildman–Crippen LogP) is 2.64. The summed E-state index contributed by atoms with van der Waals surface area (Å²) >= 11 is 3.36. The summed E-state index contributed by atoms with van der Waals surface area (Å²) in [6.07, 6.45) is 3.64. The minimum atomic E-state index is 0.794. The van der Waals surface area contributed by atoms with Crippen LogP contribution in [0.5, 0.6) is 5.75 Å². The van der Waals surface area contributed by atoms with Gasteiger partial charge in [-0.15, -0.1) is 0 Å². The Morgan fingerprint density at radius 1 is 1.29 bits per heavy atom. The third-order valence-electron chi connectivity index (χ3n) is 1.95. The van der Waals surface area contributed by atoms with Crippen LogP contribution in [-0.2, 0) is 0 Å². The van der Waals surface area contributed by atoms with Gasteiger partial charge in [0, 0.05) is 18.1 Å². The van der Waals surface area contributed by atoms with Crippen molar-refractivity contribution in [2.45, 2.75) is 0 Å². The molecule has 3 nitrogen and oxygen atoms in total. The first-order valence-corrected chi connectivity index (χ1v) is 4.94. The molecule has 0 unspecified atom stereocenters. The van der Waals surface area contributed by atoms with Gasteiger partial charge < -0.3 is 4.74 Å². The zero-order chi connectivity index (χ0) is 9.97. The van der Waals surface area contributed by atoms with Gasteiger partial charge in [0.15, 0.2) is 4.73 Å². The van der Waals surface area contributed by atoms with Crippen molar-refractivity contribution in [2.24, 2.45) is 0 Å². The first-order chi connectivity index (χ1) is 6.81. The van der Waals surface area contributed by atoms with Crippen LogP contribution in [0.25, 0.3) is 5.69 Å². The molecule has 0 saturated carbocycles. The summed E-state index contributed by atoms with van der Waals surface area (Å²) in [5.41, 5.74) is 1.05. The first kappa shape index (κ1) is 9.27. The molecule has 0 N–H and O–H groups in total. The Morgan fingerprint density at radius 2 is 2.00 bits per heavy atom. The lowest BCUT2D eigenvalue weighted by atomic mass is 10.3. The van der Waals surface area contributed by atoms with Gasteiger partial charge in [-0.25, -0.2) is 4.98 Å². The quantitative estimate of drug-likeness (QED) is 0.822. The van der Waals surface area contributed by atoms with E-state index in [4.69, 9.17) is 4.74 Å². The van der Waals surface area contributed by atoms with Crippen LogP contribution in [-0.4, -0.2) is 16.7 Å². The Kier molecular flexibility index (Phi) is 2.54. The van der Waals surface area contributed by atoms with Gasteiger partial charge in [0.25, 0.3) is 0 Å². The van der Waals surface area contributed by atoms with Gasteiger partial charge in [0.1, 0.15) is 5.75 Å². The number of halogens is 1. The van der Waals surface area contributed by atoms with Gasteiger partial charge in [-0.05, 0) is 40.2 Å². The number of imidazole rings is 1. The molecule has 2 rings (SSSR count). The summed E-state index contributed by atoms with van der Waals surface area (Å²) in [6.45, 7) is 0. The van der Waals surface area contributed by atoms with Crippen LogP contribution in [0.15, 0.2) is 41.4 Å². The molecule has 0 saturated heterocycles. The minimum absolute atomic E-state index is 0.794. The Bertz CT molecular complexity index is 422. The van der Waals surface area contributed by atoms with E-state index in [0.717, 1.165) is 16.2 Å². The molecular formula is C10H9BrN2O. The van der Waals surface area contributed by atoms with E-state index in [1.807, 2.05) is 35.0 Å². The number of rotatable bonds is 2. The van der Waals surface area contributed by atoms with Gasteiger partial charge in [-0.1, -0.05) is 0 Å². The standard InChI is InChI=1S/C10H9BrN2O/c1-14-9-4-2-8(3-5-9)13-7-6-12-10(13)11/h2-7H,1H3. The highest BCUT2D eigenvalue weighted by molar-refractivity contribution is 9.10. The van der Waals surface area contributed by atoms with E-state index in [1.165, 1.54) is 0 Å². The van der Waals surface area contributed by atoms with Gasteiger partial charge in [-0.3, -0.25) is 4.57 Å². The van der Waals surface area contributed by atoms with Gasteiger partial charge >= 0.3 is 0 Å². The monoisotopic (exact) mass is 252 g/mol. The highest BCUT2D eigenvalue weighted by Crippen LogP contribution is 2.18. The van der Waals surface area contributed by atoms with Crippen LogP contribution in [0, 0.1) is 0 Å². The summed E-state index contributed by atoms with van der Waals surface area (Å²) in [7, 11) is 1.65. The Labute approximate surface area is 90.5 Å². The molecule has 14 heavy (non-hydrogen) atoms. The molecular weight excluding hydrogens is 244 g/mol. The van der Waals surface area contributed by atoms with Crippen LogP contribution in [0.1, 0.15) is 0 Å². The maximum absolute atomic E-state index is 5.08. The topological polar surface area (TPSA) is 27.1 Å². The first-order valence-electron chi connectivity index (χ1n) is 4.14. The number of ether oxygens (including phenoxy) is 1. The molecule has 2 aromatic rings. The van der Waals surface area contributed by atoms with Gasteiger partial charge in [0.2, 0.25) is 0 Å². The van der Waals surface area contributed by atoms with Crippen molar-refractivity contribution < 1.29 is 4.74 Å². The smallest absolute Gasteiger partial charge is 0.181 e. The largest absolute Gasteiger partial charge is 0.497 e. The molecule has 0 spiro atoms. The second kappa shape index (κ2) is 3.84. The van der Waals surface area contributed by atoms with Crippen molar-refractivity contribution in [1.82, 2.24) is 9.55 Å². The van der Waals surface area contributed by atoms with Crippen molar-refractivity contribution >= 4 is 15.9 Å². The third-order valence-corrected chi connectivity index (χ3v) is 2.53. The number of nitrogens with zero attached hydrogens (tertiary/aromatic N) is 2. The number of aromatic nitrogens is 2. The van der Waals surface area contributed by atoms with Crippen LogP contribution >= 0.6 is 15.9 Å². The van der Waals surface area contributed by atoms with Crippen LogP contribution in [0.2, 0.25) is 0 Å². The van der Waals surface area contributed by atoms with Crippen LogP contribution in [0.3, 0.4) is 0 Å². The SMILES string of the molecule is COc1ccc(-n2ccnc2Br)cc1. The second-order valence-corrected chi connectivity index (χ2v) is 3.47. The fraction of sp³-hybridized carbons (Fsp3) is 0.100. The molecule has 1 aromatic heterocycles. The Morgan fingerprint density at radius 3 is 2.50 bits per heavy atom. The highest BCUT2D eigenvalue weighted by Gasteiger charge is 2.00.